The van der Waals surface area contributed by atoms with Gasteiger partial charge in [-0.15, -0.1) is 0 Å². The molecule has 2 nitrogen and oxygen atoms in total. The molecule has 1 atom stereocenters. The maximum Gasteiger partial charge on any atom is 0.170 e. The molecule has 2 heteroatoms. The predicted octanol–water partition coefficient (Wildman–Crippen LogP) is 2.60. The normalized spacial score (nSPS) is 11.6. The average Bonchev–Trinajstić information content (AvgIpc) is 2.30. The van der Waals surface area contributed by atoms with Crippen LogP contribution >= 0.6 is 0 Å². The third kappa shape index (κ3) is 3.84. The van der Waals surface area contributed by atoms with E-state index in [1.165, 1.54) is 0 Å². The van der Waals surface area contributed by atoms with Gasteiger partial charge in [-0.3, -0.25) is 4.79 Å². The van der Waals surface area contributed by atoms with E-state index in [1.807, 2.05) is 37.3 Å². The largest absolute Gasteiger partial charge is 0.294 e. The molecule has 1 aromatic carbocycles. The van der Waals surface area contributed by atoms with Gasteiger partial charge in [0.25, 0.3) is 0 Å². The zero-order valence-corrected chi connectivity index (χ0v) is 9.48. The van der Waals surface area contributed by atoms with Gasteiger partial charge in [0.2, 0.25) is 0 Å². The summed E-state index contributed by atoms with van der Waals surface area (Å²) in [4.78, 5) is 21.8. The first-order valence-corrected chi connectivity index (χ1v) is 5.56. The second kappa shape index (κ2) is 6.76. The van der Waals surface area contributed by atoms with Crippen LogP contribution < -0.4 is 0 Å². The molecule has 16 heavy (non-hydrogen) atoms. The molecule has 0 saturated heterocycles. The van der Waals surface area contributed by atoms with Crippen LogP contribution in [0.2, 0.25) is 0 Å². The Morgan fingerprint density at radius 1 is 1.38 bits per heavy atom. The first-order valence-electron chi connectivity index (χ1n) is 5.56. The molecule has 0 aliphatic carbocycles. The van der Waals surface area contributed by atoms with Crippen LogP contribution in [0, 0.1) is 5.92 Å². The lowest BCUT2D eigenvalue weighted by Crippen LogP contribution is -2.15. The lowest BCUT2D eigenvalue weighted by Gasteiger charge is -2.12. The predicted molar refractivity (Wildman–Crippen MR) is 63.8 cm³/mol. The number of ketones is 1. The molecule has 1 rings (SSSR count). The fraction of sp³-hybridized carbons (Fsp3) is 0.357. The van der Waals surface area contributed by atoms with Gasteiger partial charge in [0, 0.05) is 5.92 Å². The summed E-state index contributed by atoms with van der Waals surface area (Å²) in [5.74, 6) is 1.37. The monoisotopic (exact) mass is 216 g/mol. The van der Waals surface area contributed by atoms with E-state index in [2.05, 4.69) is 0 Å². The average molecular weight is 216 g/mol. The molecule has 0 spiro atoms. The molecule has 0 fully saturated rings. The second-order valence-electron chi connectivity index (χ2n) is 3.84. The van der Waals surface area contributed by atoms with E-state index in [9.17, 15) is 9.59 Å². The summed E-state index contributed by atoms with van der Waals surface area (Å²) in [6, 6.07) is 9.86. The SMILES string of the molecule is CCCC(Cc1ccccc1)C(=O)C=C=O. The van der Waals surface area contributed by atoms with Crippen molar-refractivity contribution in [3.63, 3.8) is 0 Å². The summed E-state index contributed by atoms with van der Waals surface area (Å²) >= 11 is 0. The van der Waals surface area contributed by atoms with Gasteiger partial charge in [-0.05, 0) is 18.4 Å². The van der Waals surface area contributed by atoms with Crippen LogP contribution in [-0.4, -0.2) is 11.7 Å². The van der Waals surface area contributed by atoms with Crippen molar-refractivity contribution in [3.05, 3.63) is 42.0 Å². The van der Waals surface area contributed by atoms with E-state index >= 15 is 0 Å². The molecule has 0 aromatic heterocycles. The standard InChI is InChI=1S/C14H16O2/c1-2-6-13(14(16)9-10-15)11-12-7-4-3-5-8-12/h3-5,7-9,13H,2,6,11H2,1H3. The molecule has 0 bridgehead atoms. The van der Waals surface area contributed by atoms with Crippen molar-refractivity contribution in [1.82, 2.24) is 0 Å². The summed E-state index contributed by atoms with van der Waals surface area (Å²) < 4.78 is 0. The highest BCUT2D eigenvalue weighted by molar-refractivity contribution is 5.97. The fourth-order valence-electron chi connectivity index (χ4n) is 1.77. The molecule has 1 unspecified atom stereocenters. The third-order valence-electron chi connectivity index (χ3n) is 2.57. The first kappa shape index (κ1) is 12.4. The molecule has 0 radical (unpaired) electrons. The molecule has 84 valence electrons. The smallest absolute Gasteiger partial charge is 0.170 e. The van der Waals surface area contributed by atoms with Crippen molar-refractivity contribution in [2.45, 2.75) is 26.2 Å². The minimum Gasteiger partial charge on any atom is -0.294 e. The molecular weight excluding hydrogens is 200 g/mol. The van der Waals surface area contributed by atoms with Crippen LogP contribution in [0.15, 0.2) is 36.4 Å². The van der Waals surface area contributed by atoms with Gasteiger partial charge in [0.05, 0.1) is 6.08 Å². The summed E-state index contributed by atoms with van der Waals surface area (Å²) in [7, 11) is 0. The maximum atomic E-state index is 11.6. The van der Waals surface area contributed by atoms with E-state index < -0.39 is 0 Å². The number of hydrogen-bond acceptors (Lipinski definition) is 2. The maximum absolute atomic E-state index is 11.6. The molecule has 0 N–H and O–H groups in total. The Balaban J connectivity index is 2.71. The Labute approximate surface area is 96.0 Å². The van der Waals surface area contributed by atoms with Crippen LogP contribution in [0.1, 0.15) is 25.3 Å². The lowest BCUT2D eigenvalue weighted by atomic mass is 9.91. The highest BCUT2D eigenvalue weighted by atomic mass is 16.1. The van der Waals surface area contributed by atoms with Crippen molar-refractivity contribution in [3.8, 4) is 0 Å². The van der Waals surface area contributed by atoms with Crippen LogP contribution in [-0.2, 0) is 16.0 Å². The van der Waals surface area contributed by atoms with E-state index in [0.29, 0.717) is 6.42 Å². The summed E-state index contributed by atoms with van der Waals surface area (Å²) in [5, 5.41) is 0. The summed E-state index contributed by atoms with van der Waals surface area (Å²) in [6.45, 7) is 2.04. The minimum atomic E-state index is -0.110. The van der Waals surface area contributed by atoms with Crippen LogP contribution in [0.25, 0.3) is 0 Å². The highest BCUT2D eigenvalue weighted by Crippen LogP contribution is 2.15. The van der Waals surface area contributed by atoms with Gasteiger partial charge in [0.1, 0.15) is 5.94 Å². The topological polar surface area (TPSA) is 34.1 Å². The molecule has 0 heterocycles. The van der Waals surface area contributed by atoms with Gasteiger partial charge in [-0.1, -0.05) is 43.7 Å². The highest BCUT2D eigenvalue weighted by Gasteiger charge is 2.15. The van der Waals surface area contributed by atoms with Gasteiger partial charge in [-0.2, -0.15) is 0 Å². The Bertz CT molecular complexity index is 375. The second-order valence-corrected chi connectivity index (χ2v) is 3.84. The molecule has 0 amide bonds. The zero-order chi connectivity index (χ0) is 11.8. The Hall–Kier alpha value is -1.66. The van der Waals surface area contributed by atoms with Crippen LogP contribution in [0.3, 0.4) is 0 Å². The number of hydrogen-bond donors (Lipinski definition) is 0. The Morgan fingerprint density at radius 3 is 2.62 bits per heavy atom. The lowest BCUT2D eigenvalue weighted by molar-refractivity contribution is -0.118. The Morgan fingerprint density at radius 2 is 2.06 bits per heavy atom. The van der Waals surface area contributed by atoms with Crippen LogP contribution in [0.4, 0.5) is 0 Å². The number of benzene rings is 1. The fourth-order valence-corrected chi connectivity index (χ4v) is 1.77. The third-order valence-corrected chi connectivity index (χ3v) is 2.57. The van der Waals surface area contributed by atoms with Crippen molar-refractivity contribution >= 4 is 11.7 Å². The number of allylic oxidation sites excluding steroid dienone is 1. The van der Waals surface area contributed by atoms with E-state index in [0.717, 1.165) is 24.5 Å². The van der Waals surface area contributed by atoms with Gasteiger partial charge < -0.3 is 0 Å². The van der Waals surface area contributed by atoms with E-state index in [-0.39, 0.29) is 11.7 Å². The minimum absolute atomic E-state index is 0.0890. The van der Waals surface area contributed by atoms with Gasteiger partial charge in [0.15, 0.2) is 5.78 Å². The van der Waals surface area contributed by atoms with Crippen molar-refractivity contribution in [1.29, 1.82) is 0 Å². The van der Waals surface area contributed by atoms with Crippen LogP contribution in [0.5, 0.6) is 0 Å². The zero-order valence-electron chi connectivity index (χ0n) is 9.48. The summed E-state index contributed by atoms with van der Waals surface area (Å²) in [6.07, 6.45) is 3.47. The molecular formula is C14H16O2. The quantitative estimate of drug-likeness (QED) is 0.541. The summed E-state index contributed by atoms with van der Waals surface area (Å²) in [5.41, 5.74) is 1.13. The molecule has 1 aromatic rings. The van der Waals surface area contributed by atoms with Crippen molar-refractivity contribution < 1.29 is 9.59 Å². The van der Waals surface area contributed by atoms with E-state index in [1.54, 1.807) is 5.94 Å². The number of rotatable bonds is 6. The van der Waals surface area contributed by atoms with E-state index in [4.69, 9.17) is 0 Å². The Kier molecular flexibility index (Phi) is 5.24. The van der Waals surface area contributed by atoms with Crippen molar-refractivity contribution in [2.24, 2.45) is 5.92 Å². The first-order chi connectivity index (χ1) is 7.77. The molecule has 0 aliphatic heterocycles. The van der Waals surface area contributed by atoms with Gasteiger partial charge >= 0.3 is 0 Å². The number of carbonyl (C=O) groups is 1. The van der Waals surface area contributed by atoms with Gasteiger partial charge in [-0.25, -0.2) is 4.79 Å². The molecule has 0 aliphatic rings. The van der Waals surface area contributed by atoms with Crippen molar-refractivity contribution in [2.75, 3.05) is 0 Å². The molecule has 0 saturated carbocycles. The number of carbonyl (C=O) groups excluding carboxylic acids is 2.